The lowest BCUT2D eigenvalue weighted by molar-refractivity contribution is 0.0874. The Morgan fingerprint density at radius 2 is 1.92 bits per heavy atom. The fourth-order valence-corrected chi connectivity index (χ4v) is 9.41. The van der Waals surface area contributed by atoms with Gasteiger partial charge in [-0.1, -0.05) is 17.7 Å². The maximum atomic E-state index is 17.1. The highest BCUT2D eigenvalue weighted by Gasteiger charge is 2.45. The van der Waals surface area contributed by atoms with Crippen molar-refractivity contribution in [3.63, 3.8) is 0 Å². The van der Waals surface area contributed by atoms with Crippen LogP contribution in [0.25, 0.3) is 32.1 Å². The first kappa shape index (κ1) is 33.6. The fourth-order valence-electron chi connectivity index (χ4n) is 8.17. The minimum atomic E-state index is -0.988. The molecule has 2 unspecified atom stereocenters. The molecule has 8 rings (SSSR count). The Balaban J connectivity index is 1.23. The minimum absolute atomic E-state index is 0.0287. The number of urea groups is 1. The maximum absolute atomic E-state index is 17.1. The number of nitrogens with two attached hydrogens (primary N) is 1. The molecule has 2 amide bonds. The standard InChI is InChI=1S/C35H34ClF2N9O3S/c36-24-13-22-29(28(38)27(24)21-3-4-25(37)30-26(21)23(15-40)31(41)51-30)42-33(50-18-35-6-1-8-46(35)9-2-7-35)43-32(22)44-11-12-45(17-20(48)16-44)34(49)47-10-5-19(47)14-39/h3-4,13,19-20,48H,1-2,5-12,16-18,41H2. The molecule has 0 bridgehead atoms. The van der Waals surface area contributed by atoms with Crippen molar-refractivity contribution in [2.45, 2.75) is 49.8 Å². The Bertz CT molecular complexity index is 2160. The average molecular weight is 734 g/mol. The van der Waals surface area contributed by atoms with Gasteiger partial charge in [0.25, 0.3) is 0 Å². The molecule has 4 aromatic rings. The van der Waals surface area contributed by atoms with E-state index in [1.54, 1.807) is 4.90 Å². The van der Waals surface area contributed by atoms with E-state index in [9.17, 15) is 24.8 Å². The summed E-state index contributed by atoms with van der Waals surface area (Å²) in [6.07, 6.45) is 3.67. The smallest absolute Gasteiger partial charge is 0.321 e. The number of anilines is 2. The number of halogens is 3. The first-order valence-corrected chi connectivity index (χ1v) is 18.2. The Hall–Kier alpha value is -4.54. The maximum Gasteiger partial charge on any atom is 0.321 e. The summed E-state index contributed by atoms with van der Waals surface area (Å²) in [4.78, 5) is 29.9. The summed E-state index contributed by atoms with van der Waals surface area (Å²) in [5.41, 5.74) is 5.97. The van der Waals surface area contributed by atoms with E-state index in [0.717, 1.165) is 50.1 Å². The number of β-amino-alcohol motifs (C(OH)–C–C–N with tert-alkyl or cyclic N) is 1. The van der Waals surface area contributed by atoms with Crippen LogP contribution in [-0.4, -0.2) is 106 Å². The summed E-state index contributed by atoms with van der Waals surface area (Å²) in [5, 5.41) is 30.9. The van der Waals surface area contributed by atoms with E-state index in [4.69, 9.17) is 27.1 Å². The number of amides is 2. The normalized spacial score (nSPS) is 21.7. The van der Waals surface area contributed by atoms with E-state index in [0.29, 0.717) is 19.6 Å². The number of likely N-dealkylation sites (tertiary alicyclic amines) is 1. The van der Waals surface area contributed by atoms with Crippen molar-refractivity contribution >= 4 is 60.8 Å². The van der Waals surface area contributed by atoms with E-state index in [-0.39, 0.29) is 97.3 Å². The molecule has 2 aromatic heterocycles. The van der Waals surface area contributed by atoms with E-state index >= 15 is 4.39 Å². The molecule has 4 saturated heterocycles. The summed E-state index contributed by atoms with van der Waals surface area (Å²) in [6.45, 7) is 3.31. The number of aliphatic hydroxyl groups is 1. The predicted octanol–water partition coefficient (Wildman–Crippen LogP) is 5.10. The van der Waals surface area contributed by atoms with Crippen LogP contribution in [0, 0.1) is 34.3 Å². The van der Waals surface area contributed by atoms with Gasteiger partial charge in [-0.3, -0.25) is 4.90 Å². The highest BCUT2D eigenvalue weighted by molar-refractivity contribution is 7.23. The lowest BCUT2D eigenvalue weighted by Crippen LogP contribution is -2.56. The fraction of sp³-hybridized carbons (Fsp3) is 0.457. The van der Waals surface area contributed by atoms with Gasteiger partial charge in [-0.25, -0.2) is 13.6 Å². The van der Waals surface area contributed by atoms with Crippen LogP contribution in [0.3, 0.4) is 0 Å². The monoisotopic (exact) mass is 733 g/mol. The molecule has 0 spiro atoms. The van der Waals surface area contributed by atoms with Gasteiger partial charge in [-0.05, 0) is 62.9 Å². The summed E-state index contributed by atoms with van der Waals surface area (Å²) in [7, 11) is 0. The molecule has 2 atom stereocenters. The van der Waals surface area contributed by atoms with Crippen molar-refractivity contribution in [2.24, 2.45) is 0 Å². The molecule has 4 aliphatic rings. The molecule has 4 fully saturated rings. The number of benzene rings is 2. The van der Waals surface area contributed by atoms with Crippen LogP contribution in [0.2, 0.25) is 5.02 Å². The molecule has 0 saturated carbocycles. The largest absolute Gasteiger partial charge is 0.461 e. The van der Waals surface area contributed by atoms with Gasteiger partial charge in [0.05, 0.1) is 39.5 Å². The second kappa shape index (κ2) is 12.9. The molecule has 3 N–H and O–H groups in total. The van der Waals surface area contributed by atoms with Crippen molar-refractivity contribution in [3.05, 3.63) is 40.4 Å². The number of carbonyl (C=O) groups is 1. The molecule has 6 heterocycles. The summed E-state index contributed by atoms with van der Waals surface area (Å²) in [5.74, 6) is -1.15. The quantitative estimate of drug-likeness (QED) is 0.283. The number of nitrogens with zero attached hydrogens (tertiary/aromatic N) is 8. The van der Waals surface area contributed by atoms with E-state index in [1.165, 1.54) is 28.0 Å². The van der Waals surface area contributed by atoms with E-state index < -0.39 is 23.8 Å². The Morgan fingerprint density at radius 1 is 1.14 bits per heavy atom. The van der Waals surface area contributed by atoms with Crippen molar-refractivity contribution < 1.29 is 23.4 Å². The minimum Gasteiger partial charge on any atom is -0.461 e. The third-order valence-electron chi connectivity index (χ3n) is 10.8. The Morgan fingerprint density at radius 3 is 2.63 bits per heavy atom. The topological polar surface area (TPSA) is 159 Å². The lowest BCUT2D eigenvalue weighted by atomic mass is 9.95. The average Bonchev–Trinajstić information content (AvgIpc) is 3.73. The molecule has 4 aliphatic heterocycles. The van der Waals surface area contributed by atoms with E-state index in [2.05, 4.69) is 16.0 Å². The number of aromatic nitrogens is 2. The van der Waals surface area contributed by atoms with Gasteiger partial charge in [0.15, 0.2) is 5.82 Å². The zero-order valence-electron chi connectivity index (χ0n) is 27.5. The number of hydrogen-bond donors (Lipinski definition) is 2. The third kappa shape index (κ3) is 5.54. The number of fused-ring (bicyclic) bond motifs is 3. The number of carbonyl (C=O) groups excluding carboxylic acids is 1. The predicted molar refractivity (Wildman–Crippen MR) is 189 cm³/mol. The molecule has 12 nitrogen and oxygen atoms in total. The van der Waals surface area contributed by atoms with Crippen molar-refractivity contribution in [3.8, 4) is 29.3 Å². The zero-order valence-corrected chi connectivity index (χ0v) is 29.1. The van der Waals surface area contributed by atoms with Gasteiger partial charge in [-0.15, -0.1) is 11.3 Å². The lowest BCUT2D eigenvalue weighted by Gasteiger charge is -2.39. The summed E-state index contributed by atoms with van der Waals surface area (Å²) in [6, 6.07) is 7.38. The summed E-state index contributed by atoms with van der Waals surface area (Å²) >= 11 is 7.77. The van der Waals surface area contributed by atoms with Gasteiger partial charge >= 0.3 is 12.0 Å². The van der Waals surface area contributed by atoms with Crippen LogP contribution < -0.4 is 15.4 Å². The number of thiophene rings is 1. The number of nitriles is 2. The van der Waals surface area contributed by atoms with Crippen molar-refractivity contribution in [1.82, 2.24) is 24.7 Å². The highest BCUT2D eigenvalue weighted by atomic mass is 35.5. The van der Waals surface area contributed by atoms with Crippen LogP contribution in [0.5, 0.6) is 6.01 Å². The molecule has 0 aliphatic carbocycles. The molecule has 0 radical (unpaired) electrons. The number of nitrogen functional groups attached to an aromatic ring is 1. The van der Waals surface area contributed by atoms with Crippen LogP contribution in [-0.2, 0) is 0 Å². The number of hydrogen-bond acceptors (Lipinski definition) is 11. The molecule has 16 heteroatoms. The van der Waals surface area contributed by atoms with Crippen molar-refractivity contribution in [2.75, 3.05) is 63.1 Å². The van der Waals surface area contributed by atoms with Gasteiger partial charge in [0, 0.05) is 42.5 Å². The van der Waals surface area contributed by atoms with Crippen LogP contribution in [0.15, 0.2) is 18.2 Å². The van der Waals surface area contributed by atoms with Crippen LogP contribution in [0.4, 0.5) is 24.4 Å². The van der Waals surface area contributed by atoms with Gasteiger partial charge in [-0.2, -0.15) is 20.5 Å². The number of rotatable bonds is 5. The Labute approximate surface area is 301 Å². The molecule has 51 heavy (non-hydrogen) atoms. The molecule has 2 aromatic carbocycles. The first-order valence-electron chi connectivity index (χ1n) is 17.0. The third-order valence-corrected chi connectivity index (χ3v) is 12.1. The SMILES string of the molecule is N#Cc1c(N)sc2c(F)ccc(-c3c(Cl)cc4c(N5CCN(C(=O)N6CCC6C#N)CC(O)C5)nc(OCC56CCCN5CCC6)nc4c3F)c12. The van der Waals surface area contributed by atoms with Gasteiger partial charge < -0.3 is 30.3 Å². The van der Waals surface area contributed by atoms with Crippen LogP contribution >= 0.6 is 22.9 Å². The first-order chi connectivity index (χ1) is 24.6. The van der Waals surface area contributed by atoms with E-state index in [1.807, 2.05) is 6.07 Å². The number of ether oxygens (including phenoxy) is 1. The Kier molecular flexibility index (Phi) is 8.50. The van der Waals surface area contributed by atoms with Gasteiger partial charge in [0.1, 0.15) is 40.9 Å². The van der Waals surface area contributed by atoms with Crippen LogP contribution in [0.1, 0.15) is 37.7 Å². The molecule has 264 valence electrons. The summed E-state index contributed by atoms with van der Waals surface area (Å²) < 4.78 is 38.5. The zero-order chi connectivity index (χ0) is 35.6. The second-order valence-corrected chi connectivity index (χ2v) is 15.1. The highest BCUT2D eigenvalue weighted by Crippen LogP contribution is 2.46. The molecular weight excluding hydrogens is 700 g/mol. The molecular formula is C35H34ClF2N9O3S. The number of aliphatic hydroxyl groups excluding tert-OH is 1. The van der Waals surface area contributed by atoms with Crippen molar-refractivity contribution in [1.29, 1.82) is 10.5 Å². The van der Waals surface area contributed by atoms with Gasteiger partial charge in [0.2, 0.25) is 0 Å². The second-order valence-electron chi connectivity index (χ2n) is 13.7.